The van der Waals surface area contributed by atoms with Crippen LogP contribution in [0.25, 0.3) is 0 Å². The van der Waals surface area contributed by atoms with Crippen molar-refractivity contribution in [1.82, 2.24) is 10.6 Å². The Labute approximate surface area is 171 Å². The van der Waals surface area contributed by atoms with E-state index >= 15 is 0 Å². The van der Waals surface area contributed by atoms with Gasteiger partial charge in [0.25, 0.3) is 0 Å². The lowest BCUT2D eigenvalue weighted by molar-refractivity contribution is 0.211. The van der Waals surface area contributed by atoms with E-state index in [1.807, 2.05) is 0 Å². The highest BCUT2D eigenvalue weighted by Gasteiger charge is 1.99. The summed E-state index contributed by atoms with van der Waals surface area (Å²) in [5.41, 5.74) is 3.56. The van der Waals surface area contributed by atoms with Crippen LogP contribution < -0.4 is 16.0 Å². The fourth-order valence-corrected chi connectivity index (χ4v) is 2.78. The van der Waals surface area contributed by atoms with Crippen LogP contribution in [0.4, 0.5) is 5.69 Å². The number of hydrogen-bond acceptors (Lipinski definition) is 4. The Morgan fingerprint density at radius 1 is 1.12 bits per heavy atom. The van der Waals surface area contributed by atoms with Gasteiger partial charge in [-0.15, -0.1) is 24.0 Å². The largest absolute Gasteiger partial charge is 0.383 e. The molecule has 0 aliphatic heterocycles. The Morgan fingerprint density at radius 2 is 1.92 bits per heavy atom. The van der Waals surface area contributed by atoms with Crippen LogP contribution in [0, 0.1) is 0 Å². The van der Waals surface area contributed by atoms with Gasteiger partial charge in [-0.3, -0.25) is 0 Å². The molecule has 0 bridgehead atoms. The highest BCUT2D eigenvalue weighted by molar-refractivity contribution is 14.0. The van der Waals surface area contributed by atoms with Gasteiger partial charge < -0.3 is 20.7 Å². The number of anilines is 1. The molecule has 138 valence electrons. The Balaban J connectivity index is 0.00000312. The van der Waals surface area contributed by atoms with Gasteiger partial charge in [0.05, 0.1) is 13.2 Å². The number of hydrogen-bond donors (Lipinski definition) is 3. The normalized spacial score (nSPS) is 10.9. The van der Waals surface area contributed by atoms with Gasteiger partial charge in [0, 0.05) is 32.4 Å². The second kappa shape index (κ2) is 13.0. The van der Waals surface area contributed by atoms with Crippen LogP contribution in [-0.2, 0) is 17.8 Å². The number of thiophene rings is 1. The summed E-state index contributed by atoms with van der Waals surface area (Å²) in [6, 6.07) is 10.5. The number of rotatable bonds is 9. The van der Waals surface area contributed by atoms with Crippen molar-refractivity contribution in [3.8, 4) is 0 Å². The molecule has 0 amide bonds. The second-order valence-electron chi connectivity index (χ2n) is 5.30. The molecule has 2 aromatic rings. The molecule has 0 unspecified atom stereocenters. The predicted molar refractivity (Wildman–Crippen MR) is 118 cm³/mol. The molecule has 0 aliphatic rings. The first kappa shape index (κ1) is 21.7. The van der Waals surface area contributed by atoms with E-state index in [4.69, 9.17) is 4.74 Å². The van der Waals surface area contributed by atoms with Crippen LogP contribution >= 0.6 is 35.3 Å². The molecule has 1 heterocycles. The third-order valence-electron chi connectivity index (χ3n) is 3.39. The van der Waals surface area contributed by atoms with E-state index in [0.717, 1.165) is 31.3 Å². The highest BCUT2D eigenvalue weighted by Crippen LogP contribution is 2.09. The molecule has 7 heteroatoms. The lowest BCUT2D eigenvalue weighted by Gasteiger charge is -2.12. The fourth-order valence-electron chi connectivity index (χ4n) is 2.12. The third-order valence-corrected chi connectivity index (χ3v) is 4.13. The van der Waals surface area contributed by atoms with Gasteiger partial charge in [-0.05, 0) is 47.0 Å². The highest BCUT2D eigenvalue weighted by atomic mass is 127. The molecule has 25 heavy (non-hydrogen) atoms. The lowest BCUT2D eigenvalue weighted by atomic mass is 10.2. The van der Waals surface area contributed by atoms with Crippen LogP contribution in [0.1, 0.15) is 18.1 Å². The zero-order valence-corrected chi connectivity index (χ0v) is 17.9. The molecular formula is C18H27IN4OS. The van der Waals surface area contributed by atoms with Gasteiger partial charge in [0.15, 0.2) is 5.96 Å². The molecule has 2 rings (SSSR count). The Kier molecular flexibility index (Phi) is 11.3. The monoisotopic (exact) mass is 474 g/mol. The molecule has 0 radical (unpaired) electrons. The molecule has 0 atom stereocenters. The number of nitrogens with one attached hydrogen (secondary N) is 3. The van der Waals surface area contributed by atoms with Crippen molar-refractivity contribution >= 4 is 47.0 Å². The summed E-state index contributed by atoms with van der Waals surface area (Å²) >= 11 is 1.70. The minimum absolute atomic E-state index is 0. The van der Waals surface area contributed by atoms with E-state index < -0.39 is 0 Å². The molecule has 5 nitrogen and oxygen atoms in total. The number of benzene rings is 1. The molecule has 0 fully saturated rings. The van der Waals surface area contributed by atoms with Gasteiger partial charge in [-0.2, -0.15) is 11.3 Å². The van der Waals surface area contributed by atoms with Crippen molar-refractivity contribution < 1.29 is 4.74 Å². The number of aliphatic imine (C=N–C) groups is 1. The van der Waals surface area contributed by atoms with E-state index in [2.05, 4.69) is 69.0 Å². The summed E-state index contributed by atoms with van der Waals surface area (Å²) in [7, 11) is 1.71. The van der Waals surface area contributed by atoms with Crippen LogP contribution in [0.2, 0.25) is 0 Å². The van der Waals surface area contributed by atoms with Crippen molar-refractivity contribution in [2.75, 3.05) is 32.1 Å². The molecule has 3 N–H and O–H groups in total. The molecule has 1 aromatic heterocycles. The van der Waals surface area contributed by atoms with Gasteiger partial charge in [-0.25, -0.2) is 4.99 Å². The zero-order valence-electron chi connectivity index (χ0n) is 14.7. The van der Waals surface area contributed by atoms with Crippen LogP contribution in [-0.4, -0.2) is 32.8 Å². The van der Waals surface area contributed by atoms with Crippen molar-refractivity contribution in [2.24, 2.45) is 4.99 Å². The minimum Gasteiger partial charge on any atom is -0.383 e. The fraction of sp³-hybridized carbons (Fsp3) is 0.389. The minimum atomic E-state index is 0. The molecule has 0 aliphatic carbocycles. The van der Waals surface area contributed by atoms with E-state index in [-0.39, 0.29) is 24.0 Å². The summed E-state index contributed by atoms with van der Waals surface area (Å²) in [6.45, 7) is 5.87. The van der Waals surface area contributed by atoms with Gasteiger partial charge >= 0.3 is 0 Å². The smallest absolute Gasteiger partial charge is 0.191 e. The van der Waals surface area contributed by atoms with Gasteiger partial charge in [0.1, 0.15) is 0 Å². The number of nitrogens with zero attached hydrogens (tertiary/aromatic N) is 1. The average Bonchev–Trinajstić information content (AvgIpc) is 3.12. The maximum Gasteiger partial charge on any atom is 0.191 e. The molecule has 0 saturated carbocycles. The topological polar surface area (TPSA) is 57.7 Å². The maximum atomic E-state index is 5.03. The Bertz CT molecular complexity index is 602. The van der Waals surface area contributed by atoms with Crippen molar-refractivity contribution in [3.05, 3.63) is 52.2 Å². The molecular weight excluding hydrogens is 447 g/mol. The predicted octanol–water partition coefficient (Wildman–Crippen LogP) is 3.68. The van der Waals surface area contributed by atoms with E-state index in [0.29, 0.717) is 13.2 Å². The lowest BCUT2D eigenvalue weighted by Crippen LogP contribution is -2.36. The summed E-state index contributed by atoms with van der Waals surface area (Å²) < 4.78 is 5.03. The summed E-state index contributed by atoms with van der Waals surface area (Å²) in [6.07, 6.45) is 0. The van der Waals surface area contributed by atoms with Crippen molar-refractivity contribution in [3.63, 3.8) is 0 Å². The summed E-state index contributed by atoms with van der Waals surface area (Å²) in [5.74, 6) is 0.839. The van der Waals surface area contributed by atoms with Crippen molar-refractivity contribution in [1.29, 1.82) is 0 Å². The summed E-state index contributed by atoms with van der Waals surface area (Å²) in [5, 5.41) is 14.2. The Morgan fingerprint density at radius 3 is 2.56 bits per heavy atom. The molecule has 0 saturated heterocycles. The SMILES string of the molecule is CCNC(=NCc1ccsc1)NCc1ccc(NCCOC)cc1.I. The number of halogens is 1. The first-order chi connectivity index (χ1) is 11.8. The van der Waals surface area contributed by atoms with E-state index in [9.17, 15) is 0 Å². The zero-order chi connectivity index (χ0) is 17.0. The van der Waals surface area contributed by atoms with E-state index in [1.165, 1.54) is 11.1 Å². The van der Waals surface area contributed by atoms with Gasteiger partial charge in [0.2, 0.25) is 0 Å². The van der Waals surface area contributed by atoms with Crippen LogP contribution in [0.5, 0.6) is 0 Å². The first-order valence-corrected chi connectivity index (χ1v) is 9.11. The van der Waals surface area contributed by atoms with Crippen LogP contribution in [0.15, 0.2) is 46.1 Å². The molecule has 1 aromatic carbocycles. The van der Waals surface area contributed by atoms with Gasteiger partial charge in [-0.1, -0.05) is 12.1 Å². The molecule has 0 spiro atoms. The van der Waals surface area contributed by atoms with Crippen molar-refractivity contribution in [2.45, 2.75) is 20.0 Å². The maximum absolute atomic E-state index is 5.03. The first-order valence-electron chi connectivity index (χ1n) is 8.17. The quantitative estimate of drug-likeness (QED) is 0.225. The number of guanidine groups is 1. The van der Waals surface area contributed by atoms with Crippen LogP contribution in [0.3, 0.4) is 0 Å². The third kappa shape index (κ3) is 8.55. The number of ether oxygens (including phenoxy) is 1. The Hall–Kier alpha value is -1.32. The standard InChI is InChI=1S/C18H26N4OS.HI/c1-3-19-18(22-13-16-8-11-24-14-16)21-12-15-4-6-17(7-5-15)20-9-10-23-2;/h4-8,11,14,20H,3,9-10,12-13H2,1-2H3,(H2,19,21,22);1H. The average molecular weight is 474 g/mol. The van der Waals surface area contributed by atoms with E-state index in [1.54, 1.807) is 18.4 Å². The second-order valence-corrected chi connectivity index (χ2v) is 6.08. The summed E-state index contributed by atoms with van der Waals surface area (Å²) in [4.78, 5) is 4.61. The number of methoxy groups -OCH3 is 1.